The lowest BCUT2D eigenvalue weighted by Gasteiger charge is -2.05. The lowest BCUT2D eigenvalue weighted by molar-refractivity contribution is 0.381. The average Bonchev–Trinajstić information content (AvgIpc) is 1.65. The van der Waals surface area contributed by atoms with Crippen LogP contribution in [0.1, 0.15) is 6.92 Å². The Morgan fingerprint density at radius 3 is 2.00 bits per heavy atom. The Balaban J connectivity index is 3.14. The topological polar surface area (TPSA) is 52.5 Å². The molecule has 0 saturated heterocycles. The van der Waals surface area contributed by atoms with E-state index in [9.17, 15) is 0 Å². The molecule has 0 spiro atoms. The van der Waals surface area contributed by atoms with Crippen LogP contribution in [0.4, 0.5) is 0 Å². The third-order valence-electron chi connectivity index (χ3n) is 0.903. The molecule has 0 saturated carbocycles. The minimum absolute atomic E-state index is 0.236. The molecule has 0 aromatic rings. The minimum Gasteiger partial charge on any atom is -0.426 e. The first kappa shape index (κ1) is 6.94. The summed E-state index contributed by atoms with van der Waals surface area (Å²) in [7, 11) is 0.425. The van der Waals surface area contributed by atoms with Gasteiger partial charge >= 0.3 is 7.12 Å². The average molecular weight is 103 g/mol. The summed E-state index contributed by atoms with van der Waals surface area (Å²) < 4.78 is 0. The highest BCUT2D eigenvalue weighted by atomic mass is 16.4. The summed E-state index contributed by atoms with van der Waals surface area (Å²) in [6, 6.07) is 0. The van der Waals surface area contributed by atoms with Gasteiger partial charge in [0.15, 0.2) is 0 Å². The Hall–Kier alpha value is -0.0551. The summed E-state index contributed by atoms with van der Waals surface area (Å²) in [6.07, 6.45) is 0. The standard InChI is InChI=1S/C3H10BNO2/c1-3(5-2)4(6)7/h3,5-7H,1-2H3/t3-/m0/s1. The van der Waals surface area contributed by atoms with Gasteiger partial charge in [-0.25, -0.2) is 0 Å². The number of rotatable bonds is 2. The molecule has 0 unspecified atom stereocenters. The molecule has 7 heavy (non-hydrogen) atoms. The first-order chi connectivity index (χ1) is 3.18. The molecule has 0 fully saturated rings. The van der Waals surface area contributed by atoms with E-state index in [0.717, 1.165) is 0 Å². The Kier molecular flexibility index (Phi) is 2.99. The van der Waals surface area contributed by atoms with E-state index in [1.54, 1.807) is 14.0 Å². The molecule has 1 atom stereocenters. The van der Waals surface area contributed by atoms with Crippen LogP contribution in [-0.2, 0) is 0 Å². The van der Waals surface area contributed by atoms with Crippen molar-refractivity contribution in [1.29, 1.82) is 0 Å². The minimum atomic E-state index is -1.25. The molecule has 0 heterocycles. The lowest BCUT2D eigenvalue weighted by atomic mass is 9.81. The van der Waals surface area contributed by atoms with Crippen molar-refractivity contribution in [3.63, 3.8) is 0 Å². The molecule has 42 valence electrons. The molecule has 0 radical (unpaired) electrons. The third kappa shape index (κ3) is 2.62. The van der Waals surface area contributed by atoms with Crippen LogP contribution in [0.3, 0.4) is 0 Å². The molecule has 0 aliphatic heterocycles. The molecule has 4 heteroatoms. The molecule has 3 nitrogen and oxygen atoms in total. The first-order valence-corrected chi connectivity index (χ1v) is 2.22. The van der Waals surface area contributed by atoms with Crippen molar-refractivity contribution in [2.24, 2.45) is 0 Å². The van der Waals surface area contributed by atoms with Crippen LogP contribution in [-0.4, -0.2) is 30.2 Å². The SMILES string of the molecule is CN[C@@H](C)B(O)O. The van der Waals surface area contributed by atoms with E-state index in [-0.39, 0.29) is 5.94 Å². The normalized spacial score (nSPS) is 13.7. The fourth-order valence-electron chi connectivity index (χ4n) is 0.149. The van der Waals surface area contributed by atoms with Gasteiger partial charge in [-0.1, -0.05) is 6.92 Å². The summed E-state index contributed by atoms with van der Waals surface area (Å²) >= 11 is 0. The zero-order chi connectivity index (χ0) is 5.86. The fraction of sp³-hybridized carbons (Fsp3) is 1.00. The van der Waals surface area contributed by atoms with Crippen LogP contribution >= 0.6 is 0 Å². The first-order valence-electron chi connectivity index (χ1n) is 2.22. The van der Waals surface area contributed by atoms with Crippen LogP contribution in [0, 0.1) is 0 Å². The van der Waals surface area contributed by atoms with Gasteiger partial charge in [-0.2, -0.15) is 0 Å². The monoisotopic (exact) mass is 103 g/mol. The van der Waals surface area contributed by atoms with Crippen LogP contribution in [0.5, 0.6) is 0 Å². The van der Waals surface area contributed by atoms with Gasteiger partial charge in [0.1, 0.15) is 0 Å². The van der Waals surface area contributed by atoms with Crippen LogP contribution in [0.25, 0.3) is 0 Å². The zero-order valence-electron chi connectivity index (χ0n) is 4.55. The molecule has 0 aromatic carbocycles. The van der Waals surface area contributed by atoms with E-state index in [1.807, 2.05) is 0 Å². The van der Waals surface area contributed by atoms with Crippen molar-refractivity contribution in [1.82, 2.24) is 5.32 Å². The summed E-state index contributed by atoms with van der Waals surface area (Å²) in [6.45, 7) is 1.69. The summed E-state index contributed by atoms with van der Waals surface area (Å²) in [5.41, 5.74) is 0. The van der Waals surface area contributed by atoms with Crippen molar-refractivity contribution >= 4 is 7.12 Å². The smallest absolute Gasteiger partial charge is 0.426 e. The molecular formula is C3H10BNO2. The summed E-state index contributed by atoms with van der Waals surface area (Å²) in [5.74, 6) is -0.236. The van der Waals surface area contributed by atoms with Crippen molar-refractivity contribution in [3.05, 3.63) is 0 Å². The van der Waals surface area contributed by atoms with Crippen molar-refractivity contribution < 1.29 is 10.0 Å². The molecule has 3 N–H and O–H groups in total. The van der Waals surface area contributed by atoms with E-state index < -0.39 is 7.12 Å². The highest BCUT2D eigenvalue weighted by molar-refractivity contribution is 6.43. The molecular weight excluding hydrogens is 92.8 g/mol. The molecule has 0 rings (SSSR count). The third-order valence-corrected chi connectivity index (χ3v) is 0.903. The van der Waals surface area contributed by atoms with E-state index in [0.29, 0.717) is 0 Å². The van der Waals surface area contributed by atoms with E-state index >= 15 is 0 Å². The van der Waals surface area contributed by atoms with Gasteiger partial charge in [0.2, 0.25) is 0 Å². The Morgan fingerprint density at radius 1 is 1.57 bits per heavy atom. The Labute approximate surface area is 43.5 Å². The second-order valence-electron chi connectivity index (χ2n) is 1.49. The molecule has 0 amide bonds. The van der Waals surface area contributed by atoms with E-state index in [1.165, 1.54) is 0 Å². The molecule has 0 aromatic heterocycles. The quantitative estimate of drug-likeness (QED) is 0.377. The van der Waals surface area contributed by atoms with Crippen molar-refractivity contribution in [2.75, 3.05) is 7.05 Å². The van der Waals surface area contributed by atoms with Crippen molar-refractivity contribution in [3.8, 4) is 0 Å². The van der Waals surface area contributed by atoms with Gasteiger partial charge in [0.25, 0.3) is 0 Å². The predicted octanol–water partition coefficient (Wildman–Crippen LogP) is -1.39. The van der Waals surface area contributed by atoms with Gasteiger partial charge in [-0.3, -0.25) is 0 Å². The number of hydrogen-bond acceptors (Lipinski definition) is 3. The molecule has 0 aliphatic rings. The van der Waals surface area contributed by atoms with Gasteiger partial charge in [-0.05, 0) is 7.05 Å². The van der Waals surface area contributed by atoms with Gasteiger partial charge < -0.3 is 15.4 Å². The maximum Gasteiger partial charge on any atom is 0.469 e. The second kappa shape index (κ2) is 3.01. The molecule has 0 aliphatic carbocycles. The molecule has 0 bridgehead atoms. The maximum atomic E-state index is 8.31. The second-order valence-corrected chi connectivity index (χ2v) is 1.49. The van der Waals surface area contributed by atoms with Gasteiger partial charge in [0.05, 0.1) is 0 Å². The lowest BCUT2D eigenvalue weighted by Crippen LogP contribution is -2.38. The highest BCUT2D eigenvalue weighted by Gasteiger charge is 2.14. The maximum absolute atomic E-state index is 8.31. The van der Waals surface area contributed by atoms with Gasteiger partial charge in [0, 0.05) is 5.94 Å². The van der Waals surface area contributed by atoms with Crippen LogP contribution < -0.4 is 5.32 Å². The Morgan fingerprint density at radius 2 is 2.00 bits per heavy atom. The van der Waals surface area contributed by atoms with Crippen LogP contribution in [0.2, 0.25) is 0 Å². The predicted molar refractivity (Wildman–Crippen MR) is 28.7 cm³/mol. The number of hydrogen-bond donors (Lipinski definition) is 3. The zero-order valence-corrected chi connectivity index (χ0v) is 4.55. The van der Waals surface area contributed by atoms with Crippen molar-refractivity contribution in [2.45, 2.75) is 12.9 Å². The van der Waals surface area contributed by atoms with E-state index in [4.69, 9.17) is 10.0 Å². The highest BCUT2D eigenvalue weighted by Crippen LogP contribution is 1.77. The Bertz CT molecular complexity index is 50.2. The summed E-state index contributed by atoms with van der Waals surface area (Å²) in [4.78, 5) is 0. The largest absolute Gasteiger partial charge is 0.469 e. The van der Waals surface area contributed by atoms with Gasteiger partial charge in [-0.15, -0.1) is 0 Å². The fourth-order valence-corrected chi connectivity index (χ4v) is 0.149. The summed E-state index contributed by atoms with van der Waals surface area (Å²) in [5, 5.41) is 19.3. The number of nitrogens with one attached hydrogen (secondary N) is 1. The van der Waals surface area contributed by atoms with Crippen LogP contribution in [0.15, 0.2) is 0 Å². The van der Waals surface area contributed by atoms with E-state index in [2.05, 4.69) is 5.32 Å².